The van der Waals surface area contributed by atoms with Gasteiger partial charge in [-0.15, -0.1) is 0 Å². The third-order valence-corrected chi connectivity index (χ3v) is 3.81. The second kappa shape index (κ2) is 7.44. The van der Waals surface area contributed by atoms with Crippen LogP contribution in [0.5, 0.6) is 11.5 Å². The summed E-state index contributed by atoms with van der Waals surface area (Å²) < 4.78 is 29.5. The van der Waals surface area contributed by atoms with E-state index in [1.165, 1.54) is 11.6 Å². The molecule has 4 nitrogen and oxygen atoms in total. The number of fused-ring (bicyclic) bond motifs is 1. The summed E-state index contributed by atoms with van der Waals surface area (Å²) in [4.78, 5) is 0. The molecular weight excluding hydrogens is 297 g/mol. The molecule has 0 saturated carbocycles. The first-order valence-electron chi connectivity index (χ1n) is 7.62. The van der Waals surface area contributed by atoms with Crippen molar-refractivity contribution in [2.24, 2.45) is 0 Å². The van der Waals surface area contributed by atoms with E-state index in [9.17, 15) is 4.39 Å². The molecule has 0 fully saturated rings. The first kappa shape index (κ1) is 15.8. The molecule has 2 aromatic rings. The summed E-state index contributed by atoms with van der Waals surface area (Å²) in [6.07, 6.45) is 0.705. The largest absolute Gasteiger partial charge is 0.497 e. The third-order valence-electron chi connectivity index (χ3n) is 3.81. The van der Waals surface area contributed by atoms with Crippen molar-refractivity contribution >= 4 is 0 Å². The number of halogens is 1. The Hall–Kier alpha value is -2.11. The fourth-order valence-electron chi connectivity index (χ4n) is 2.64. The second-order valence-electron chi connectivity index (χ2n) is 5.44. The Kier molecular flexibility index (Phi) is 5.10. The molecule has 0 spiro atoms. The topological polar surface area (TPSA) is 39.7 Å². The van der Waals surface area contributed by atoms with E-state index in [4.69, 9.17) is 14.2 Å². The summed E-state index contributed by atoms with van der Waals surface area (Å²) in [5.41, 5.74) is 2.84. The molecule has 0 radical (unpaired) electrons. The molecule has 2 aromatic carbocycles. The minimum Gasteiger partial charge on any atom is -0.497 e. The van der Waals surface area contributed by atoms with Crippen LogP contribution in [0.25, 0.3) is 0 Å². The van der Waals surface area contributed by atoms with Gasteiger partial charge in [0, 0.05) is 12.1 Å². The lowest BCUT2D eigenvalue weighted by Crippen LogP contribution is -2.19. The fourth-order valence-corrected chi connectivity index (χ4v) is 2.64. The van der Waals surface area contributed by atoms with E-state index in [0.717, 1.165) is 35.7 Å². The Morgan fingerprint density at radius 3 is 2.83 bits per heavy atom. The molecule has 1 heterocycles. The van der Waals surface area contributed by atoms with E-state index in [1.807, 2.05) is 24.3 Å². The number of nitrogens with one attached hydrogen (secondary N) is 1. The maximum atomic E-state index is 13.7. The van der Waals surface area contributed by atoms with Crippen LogP contribution in [-0.2, 0) is 24.3 Å². The van der Waals surface area contributed by atoms with Gasteiger partial charge in [-0.3, -0.25) is 0 Å². The fraction of sp³-hybridized carbons (Fsp3) is 0.333. The van der Waals surface area contributed by atoms with Gasteiger partial charge in [0.15, 0.2) is 6.79 Å². The zero-order valence-electron chi connectivity index (χ0n) is 13.1. The standard InChI is InChI=1S/C18H20FNO3/c1-21-17-4-2-13(3-5-17)10-20-7-6-14-8-16(19)9-15-11-22-12-23-18(14)15/h2-5,8-9,20H,6-7,10-12H2,1H3. The van der Waals surface area contributed by atoms with Crippen molar-refractivity contribution in [1.82, 2.24) is 5.32 Å². The lowest BCUT2D eigenvalue weighted by Gasteiger charge is -2.21. The first-order chi connectivity index (χ1) is 11.3. The highest BCUT2D eigenvalue weighted by Crippen LogP contribution is 2.29. The molecular formula is C18H20FNO3. The van der Waals surface area contributed by atoms with E-state index in [1.54, 1.807) is 13.2 Å². The van der Waals surface area contributed by atoms with Gasteiger partial charge in [-0.1, -0.05) is 12.1 Å². The Bertz CT molecular complexity index is 658. The molecule has 0 saturated heterocycles. The highest BCUT2D eigenvalue weighted by molar-refractivity contribution is 5.42. The monoisotopic (exact) mass is 317 g/mol. The van der Waals surface area contributed by atoms with Crippen molar-refractivity contribution in [3.63, 3.8) is 0 Å². The molecule has 0 amide bonds. The predicted octanol–water partition coefficient (Wildman–Crippen LogP) is 3.03. The maximum absolute atomic E-state index is 13.7. The lowest BCUT2D eigenvalue weighted by molar-refractivity contribution is -0.0172. The quantitative estimate of drug-likeness (QED) is 0.831. The zero-order valence-corrected chi connectivity index (χ0v) is 13.1. The molecule has 122 valence electrons. The molecule has 1 aliphatic heterocycles. The van der Waals surface area contributed by atoms with E-state index in [-0.39, 0.29) is 12.6 Å². The number of rotatable bonds is 6. The smallest absolute Gasteiger partial charge is 0.189 e. The van der Waals surface area contributed by atoms with Gasteiger partial charge in [0.25, 0.3) is 0 Å². The summed E-state index contributed by atoms with van der Waals surface area (Å²) in [6.45, 7) is 2.13. The van der Waals surface area contributed by atoms with Crippen LogP contribution in [0, 0.1) is 5.82 Å². The van der Waals surface area contributed by atoms with Crippen LogP contribution in [0.15, 0.2) is 36.4 Å². The normalized spacial score (nSPS) is 13.3. The van der Waals surface area contributed by atoms with E-state index < -0.39 is 0 Å². The van der Waals surface area contributed by atoms with Crippen LogP contribution in [-0.4, -0.2) is 20.4 Å². The average Bonchev–Trinajstić information content (AvgIpc) is 2.59. The predicted molar refractivity (Wildman–Crippen MR) is 85.1 cm³/mol. The molecule has 3 rings (SSSR count). The maximum Gasteiger partial charge on any atom is 0.189 e. The first-order valence-corrected chi connectivity index (χ1v) is 7.62. The molecule has 5 heteroatoms. The molecule has 1 N–H and O–H groups in total. The molecule has 0 bridgehead atoms. The van der Waals surface area contributed by atoms with Crippen LogP contribution < -0.4 is 14.8 Å². The third kappa shape index (κ3) is 4.00. The van der Waals surface area contributed by atoms with Crippen molar-refractivity contribution in [2.45, 2.75) is 19.6 Å². The summed E-state index contributed by atoms with van der Waals surface area (Å²) in [7, 11) is 1.65. The zero-order chi connectivity index (χ0) is 16.1. The van der Waals surface area contributed by atoms with E-state index in [0.29, 0.717) is 13.0 Å². The van der Waals surface area contributed by atoms with Gasteiger partial charge in [-0.2, -0.15) is 0 Å². The summed E-state index contributed by atoms with van der Waals surface area (Å²) >= 11 is 0. The Morgan fingerprint density at radius 1 is 1.22 bits per heavy atom. The number of hydrogen-bond acceptors (Lipinski definition) is 4. The second-order valence-corrected chi connectivity index (χ2v) is 5.44. The van der Waals surface area contributed by atoms with Crippen molar-refractivity contribution in [3.05, 3.63) is 58.9 Å². The lowest BCUT2D eigenvalue weighted by atomic mass is 10.1. The molecule has 0 aromatic heterocycles. The molecule has 23 heavy (non-hydrogen) atoms. The van der Waals surface area contributed by atoms with Crippen LogP contribution in [0.4, 0.5) is 4.39 Å². The molecule has 0 aliphatic carbocycles. The number of ether oxygens (including phenoxy) is 3. The van der Waals surface area contributed by atoms with Crippen LogP contribution in [0.1, 0.15) is 16.7 Å². The average molecular weight is 317 g/mol. The van der Waals surface area contributed by atoms with Crippen molar-refractivity contribution < 1.29 is 18.6 Å². The van der Waals surface area contributed by atoms with Crippen molar-refractivity contribution in [1.29, 1.82) is 0 Å². The highest BCUT2D eigenvalue weighted by Gasteiger charge is 2.16. The number of benzene rings is 2. The Balaban J connectivity index is 1.55. The number of hydrogen-bond donors (Lipinski definition) is 1. The molecule has 0 atom stereocenters. The van der Waals surface area contributed by atoms with Crippen molar-refractivity contribution in [2.75, 3.05) is 20.4 Å². The molecule has 0 unspecified atom stereocenters. The van der Waals surface area contributed by atoms with Gasteiger partial charge in [-0.05, 0) is 48.4 Å². The summed E-state index contributed by atoms with van der Waals surface area (Å²) in [5.74, 6) is 1.37. The van der Waals surface area contributed by atoms with E-state index >= 15 is 0 Å². The van der Waals surface area contributed by atoms with Crippen molar-refractivity contribution in [3.8, 4) is 11.5 Å². The minimum atomic E-state index is -0.247. The molecule has 1 aliphatic rings. The highest BCUT2D eigenvalue weighted by atomic mass is 19.1. The summed E-state index contributed by atoms with van der Waals surface area (Å²) in [5, 5.41) is 3.36. The SMILES string of the molecule is COc1ccc(CNCCc2cc(F)cc3c2OCOC3)cc1. The Morgan fingerprint density at radius 2 is 2.04 bits per heavy atom. The minimum absolute atomic E-state index is 0.227. The summed E-state index contributed by atoms with van der Waals surface area (Å²) in [6, 6.07) is 10.9. The van der Waals surface area contributed by atoms with Crippen LogP contribution in [0.3, 0.4) is 0 Å². The van der Waals surface area contributed by atoms with Crippen LogP contribution >= 0.6 is 0 Å². The van der Waals surface area contributed by atoms with E-state index in [2.05, 4.69) is 5.32 Å². The van der Waals surface area contributed by atoms with Gasteiger partial charge in [0.05, 0.1) is 13.7 Å². The van der Waals surface area contributed by atoms with Gasteiger partial charge < -0.3 is 19.5 Å². The van der Waals surface area contributed by atoms with Gasteiger partial charge in [0.2, 0.25) is 0 Å². The Labute approximate surface area is 135 Å². The van der Waals surface area contributed by atoms with Gasteiger partial charge in [-0.25, -0.2) is 4.39 Å². The van der Waals surface area contributed by atoms with Gasteiger partial charge >= 0.3 is 0 Å². The number of methoxy groups -OCH3 is 1. The van der Waals surface area contributed by atoms with Crippen LogP contribution in [0.2, 0.25) is 0 Å². The van der Waals surface area contributed by atoms with Gasteiger partial charge in [0.1, 0.15) is 17.3 Å².